The van der Waals surface area contributed by atoms with Crippen LogP contribution in [0.2, 0.25) is 0 Å². The summed E-state index contributed by atoms with van der Waals surface area (Å²) in [6, 6.07) is 9.72. The first-order valence-corrected chi connectivity index (χ1v) is 7.78. The number of hydrogen-bond donors (Lipinski definition) is 2. The van der Waals surface area contributed by atoms with E-state index in [1.807, 2.05) is 0 Å². The Morgan fingerprint density at radius 1 is 1.18 bits per heavy atom. The van der Waals surface area contributed by atoms with E-state index in [1.54, 1.807) is 18.2 Å². The van der Waals surface area contributed by atoms with Crippen molar-refractivity contribution in [3.05, 3.63) is 48.3 Å². The lowest BCUT2D eigenvalue weighted by Crippen LogP contribution is -2.26. The summed E-state index contributed by atoms with van der Waals surface area (Å²) in [5.74, 6) is -1.05. The molecule has 0 aromatic heterocycles. The zero-order valence-corrected chi connectivity index (χ0v) is 12.0. The van der Waals surface area contributed by atoms with Crippen LogP contribution in [0.1, 0.15) is 0 Å². The van der Waals surface area contributed by atoms with Crippen LogP contribution >= 0.6 is 0 Å². The summed E-state index contributed by atoms with van der Waals surface area (Å²) >= 11 is 0. The van der Waals surface area contributed by atoms with Gasteiger partial charge >= 0.3 is 0 Å². The van der Waals surface area contributed by atoms with Crippen molar-refractivity contribution in [3.8, 4) is 5.75 Å². The molecule has 8 heteroatoms. The number of hydrogen-bond acceptors (Lipinski definition) is 4. The highest BCUT2D eigenvalue weighted by atomic mass is 32.2. The number of rotatable bonds is 3. The number of halogens is 1. The fraction of sp³-hybridized carbons (Fsp3) is 0.0714. The first-order chi connectivity index (χ1) is 10.5. The lowest BCUT2D eigenvalue weighted by molar-refractivity contribution is -0.118. The van der Waals surface area contributed by atoms with E-state index in [4.69, 9.17) is 4.74 Å². The second kappa shape index (κ2) is 5.30. The molecule has 1 aliphatic heterocycles. The van der Waals surface area contributed by atoms with Crippen LogP contribution in [-0.2, 0) is 14.8 Å². The molecule has 0 aliphatic carbocycles. The van der Waals surface area contributed by atoms with Gasteiger partial charge in [-0.25, -0.2) is 12.8 Å². The van der Waals surface area contributed by atoms with Crippen molar-refractivity contribution in [2.24, 2.45) is 0 Å². The van der Waals surface area contributed by atoms with Gasteiger partial charge in [0.05, 0.1) is 16.3 Å². The molecule has 2 N–H and O–H groups in total. The molecular weight excluding hydrogens is 311 g/mol. The second-order valence-corrected chi connectivity index (χ2v) is 6.27. The summed E-state index contributed by atoms with van der Waals surface area (Å²) in [6.45, 7) is -0.265. The first kappa shape index (κ1) is 14.3. The molecule has 0 atom stereocenters. The van der Waals surface area contributed by atoms with Gasteiger partial charge in [0, 0.05) is 12.1 Å². The summed E-state index contributed by atoms with van der Waals surface area (Å²) in [4.78, 5) is 11.3. The molecule has 3 rings (SSSR count). The monoisotopic (exact) mass is 322 g/mol. The standard InChI is InChI=1S/C14H11FN2O4S/c15-9-6-11-14(21-8-13(18)16-11)12(7-9)17-22(19,20)10-4-2-1-3-5-10/h1-7,17H,8H2,(H,16,18). The maximum atomic E-state index is 13.6. The Kier molecular flexibility index (Phi) is 3.45. The number of amides is 1. The molecule has 22 heavy (non-hydrogen) atoms. The summed E-state index contributed by atoms with van der Waals surface area (Å²) < 4.78 is 45.7. The zero-order chi connectivity index (χ0) is 15.7. The Balaban J connectivity index is 2.01. The molecular formula is C14H11FN2O4S. The predicted molar refractivity (Wildman–Crippen MR) is 77.8 cm³/mol. The summed E-state index contributed by atoms with van der Waals surface area (Å²) in [5.41, 5.74) is 0.0147. The summed E-state index contributed by atoms with van der Waals surface area (Å²) in [6.07, 6.45) is 0. The Hall–Kier alpha value is -2.61. The van der Waals surface area contributed by atoms with Crippen molar-refractivity contribution in [1.29, 1.82) is 0 Å². The van der Waals surface area contributed by atoms with Crippen LogP contribution in [0.5, 0.6) is 5.75 Å². The minimum Gasteiger partial charge on any atom is -0.479 e. The number of benzene rings is 2. The Morgan fingerprint density at radius 2 is 1.91 bits per heavy atom. The van der Waals surface area contributed by atoms with Crippen molar-refractivity contribution in [2.75, 3.05) is 16.6 Å². The SMILES string of the molecule is O=C1COc2c(cc(F)cc2NS(=O)(=O)c2ccccc2)N1. The fourth-order valence-corrected chi connectivity index (χ4v) is 3.12. The topological polar surface area (TPSA) is 84.5 Å². The smallest absolute Gasteiger partial charge is 0.262 e. The van der Waals surface area contributed by atoms with Crippen LogP contribution in [0, 0.1) is 5.82 Å². The normalized spacial score (nSPS) is 13.8. The van der Waals surface area contributed by atoms with Gasteiger partial charge < -0.3 is 10.1 Å². The van der Waals surface area contributed by atoms with Crippen molar-refractivity contribution >= 4 is 27.3 Å². The lowest BCUT2D eigenvalue weighted by Gasteiger charge is -2.21. The number of fused-ring (bicyclic) bond motifs is 1. The van der Waals surface area contributed by atoms with Gasteiger partial charge in [-0.15, -0.1) is 0 Å². The third-order valence-electron chi connectivity index (χ3n) is 2.97. The molecule has 114 valence electrons. The molecule has 0 fully saturated rings. The van der Waals surface area contributed by atoms with Crippen LogP contribution in [0.25, 0.3) is 0 Å². The first-order valence-electron chi connectivity index (χ1n) is 6.30. The van der Waals surface area contributed by atoms with Gasteiger partial charge in [0.25, 0.3) is 15.9 Å². The number of ether oxygens (including phenoxy) is 1. The van der Waals surface area contributed by atoms with Crippen LogP contribution in [0.3, 0.4) is 0 Å². The number of anilines is 2. The molecule has 0 unspecified atom stereocenters. The average molecular weight is 322 g/mol. The third-order valence-corrected chi connectivity index (χ3v) is 4.35. The van der Waals surface area contributed by atoms with Crippen molar-refractivity contribution < 1.29 is 22.3 Å². The fourth-order valence-electron chi connectivity index (χ4n) is 2.05. The van der Waals surface area contributed by atoms with Crippen LogP contribution < -0.4 is 14.8 Å². The molecule has 1 heterocycles. The molecule has 2 aromatic rings. The van der Waals surface area contributed by atoms with Gasteiger partial charge in [-0.05, 0) is 12.1 Å². The molecule has 1 amide bonds. The minimum atomic E-state index is -3.89. The highest BCUT2D eigenvalue weighted by Crippen LogP contribution is 2.37. The van der Waals surface area contributed by atoms with E-state index in [-0.39, 0.29) is 28.6 Å². The third kappa shape index (κ3) is 2.73. The van der Waals surface area contributed by atoms with Crippen molar-refractivity contribution in [2.45, 2.75) is 4.90 Å². The minimum absolute atomic E-state index is 0.0351. The largest absolute Gasteiger partial charge is 0.479 e. The summed E-state index contributed by atoms with van der Waals surface area (Å²) in [5, 5.41) is 2.43. The van der Waals surface area contributed by atoms with Crippen molar-refractivity contribution in [1.82, 2.24) is 0 Å². The van der Waals surface area contributed by atoms with Gasteiger partial charge in [0.2, 0.25) is 0 Å². The number of carbonyl (C=O) groups is 1. The Bertz CT molecular complexity index is 837. The molecule has 2 aromatic carbocycles. The predicted octanol–water partition coefficient (Wildman–Crippen LogP) is 1.96. The maximum absolute atomic E-state index is 13.6. The molecule has 0 saturated carbocycles. The lowest BCUT2D eigenvalue weighted by atomic mass is 10.2. The van der Waals surface area contributed by atoms with Gasteiger partial charge in [-0.1, -0.05) is 18.2 Å². The van der Waals surface area contributed by atoms with E-state index in [9.17, 15) is 17.6 Å². The molecule has 6 nitrogen and oxygen atoms in total. The Labute approximate surface area is 126 Å². The highest BCUT2D eigenvalue weighted by molar-refractivity contribution is 7.92. The molecule has 0 bridgehead atoms. The van der Waals surface area contributed by atoms with Crippen LogP contribution in [0.4, 0.5) is 15.8 Å². The number of sulfonamides is 1. The van der Waals surface area contributed by atoms with Gasteiger partial charge in [0.15, 0.2) is 12.4 Å². The van der Waals surface area contributed by atoms with E-state index in [2.05, 4.69) is 10.0 Å². The summed E-state index contributed by atoms with van der Waals surface area (Å²) in [7, 11) is -3.89. The van der Waals surface area contributed by atoms with E-state index < -0.39 is 21.7 Å². The Morgan fingerprint density at radius 3 is 2.64 bits per heavy atom. The van der Waals surface area contributed by atoms with E-state index in [0.29, 0.717) is 0 Å². The van der Waals surface area contributed by atoms with Crippen molar-refractivity contribution in [3.63, 3.8) is 0 Å². The number of carbonyl (C=O) groups excluding carboxylic acids is 1. The number of nitrogens with one attached hydrogen (secondary N) is 2. The highest BCUT2D eigenvalue weighted by Gasteiger charge is 2.24. The van der Waals surface area contributed by atoms with E-state index in [0.717, 1.165) is 12.1 Å². The van der Waals surface area contributed by atoms with Gasteiger partial charge in [0.1, 0.15) is 5.82 Å². The second-order valence-electron chi connectivity index (χ2n) is 4.59. The van der Waals surface area contributed by atoms with Crippen LogP contribution in [0.15, 0.2) is 47.4 Å². The quantitative estimate of drug-likeness (QED) is 0.904. The molecule has 0 spiro atoms. The maximum Gasteiger partial charge on any atom is 0.262 e. The average Bonchev–Trinajstić information content (AvgIpc) is 2.47. The van der Waals surface area contributed by atoms with E-state index >= 15 is 0 Å². The zero-order valence-electron chi connectivity index (χ0n) is 11.2. The van der Waals surface area contributed by atoms with E-state index in [1.165, 1.54) is 12.1 Å². The molecule has 0 saturated heterocycles. The van der Waals surface area contributed by atoms with Gasteiger partial charge in [-0.2, -0.15) is 0 Å². The molecule has 0 radical (unpaired) electrons. The van der Waals surface area contributed by atoms with Crippen LogP contribution in [-0.4, -0.2) is 20.9 Å². The van der Waals surface area contributed by atoms with Gasteiger partial charge in [-0.3, -0.25) is 9.52 Å². The molecule has 1 aliphatic rings.